The molecular weight excluding hydrogens is 390 g/mol. The van der Waals surface area contributed by atoms with Gasteiger partial charge in [-0.25, -0.2) is 0 Å². The molecule has 0 aliphatic carbocycles. The second-order valence-corrected chi connectivity index (χ2v) is 7.05. The van der Waals surface area contributed by atoms with Gasteiger partial charge >= 0.3 is 0 Å². The summed E-state index contributed by atoms with van der Waals surface area (Å²) >= 11 is 5.90. The second-order valence-electron chi connectivity index (χ2n) is 6.61. The van der Waals surface area contributed by atoms with Gasteiger partial charge < -0.3 is 4.90 Å². The van der Waals surface area contributed by atoms with Crippen molar-refractivity contribution in [3.8, 4) is 0 Å². The Hall–Kier alpha value is -3.25. The molecule has 148 valence electrons. The number of pyridine rings is 1. The van der Waals surface area contributed by atoms with Gasteiger partial charge in [0.15, 0.2) is 0 Å². The van der Waals surface area contributed by atoms with Crippen LogP contribution in [0.2, 0.25) is 5.02 Å². The van der Waals surface area contributed by atoms with E-state index in [0.717, 1.165) is 17.5 Å². The molecule has 0 saturated heterocycles. The van der Waals surface area contributed by atoms with Gasteiger partial charge in [0.25, 0.3) is 11.6 Å². The highest BCUT2D eigenvalue weighted by Crippen LogP contribution is 2.26. The van der Waals surface area contributed by atoms with Crippen molar-refractivity contribution in [2.45, 2.75) is 26.4 Å². The summed E-state index contributed by atoms with van der Waals surface area (Å²) in [6.07, 6.45) is 4.26. The monoisotopic (exact) mass is 409 g/mol. The largest absolute Gasteiger partial charge is 0.330 e. The van der Waals surface area contributed by atoms with E-state index in [1.54, 1.807) is 23.4 Å². The number of nitrogens with zero attached hydrogens (tertiary/aromatic N) is 3. The molecule has 0 aliphatic heterocycles. The number of nitro groups is 1. The summed E-state index contributed by atoms with van der Waals surface area (Å²) in [6, 6.07) is 15.7. The van der Waals surface area contributed by atoms with E-state index in [1.165, 1.54) is 23.8 Å². The zero-order valence-corrected chi connectivity index (χ0v) is 16.7. The molecule has 0 unspecified atom stereocenters. The molecule has 2 aromatic carbocycles. The lowest BCUT2D eigenvalue weighted by Gasteiger charge is -2.23. The van der Waals surface area contributed by atoms with Crippen LogP contribution in [0.4, 0.5) is 5.69 Å². The molecule has 0 spiro atoms. The van der Waals surface area contributed by atoms with E-state index < -0.39 is 10.8 Å². The number of carbonyl (C=O) groups is 1. The normalized spacial score (nSPS) is 10.6. The Morgan fingerprint density at radius 2 is 1.76 bits per heavy atom. The Morgan fingerprint density at radius 1 is 1.07 bits per heavy atom. The van der Waals surface area contributed by atoms with Crippen LogP contribution < -0.4 is 0 Å². The van der Waals surface area contributed by atoms with E-state index in [4.69, 9.17) is 11.6 Å². The number of hydrogen-bond donors (Lipinski definition) is 0. The molecule has 1 aromatic heterocycles. The lowest BCUT2D eigenvalue weighted by atomic mass is 10.1. The summed E-state index contributed by atoms with van der Waals surface area (Å²) in [5, 5.41) is 11.7. The summed E-state index contributed by atoms with van der Waals surface area (Å²) in [5.41, 5.74) is 2.68. The Bertz CT molecular complexity index is 1010. The Morgan fingerprint density at radius 3 is 2.38 bits per heavy atom. The summed E-state index contributed by atoms with van der Waals surface area (Å²) in [5.74, 6) is -0.434. The van der Waals surface area contributed by atoms with Crippen LogP contribution in [0.1, 0.15) is 34.0 Å². The quantitative estimate of drug-likeness (QED) is 0.404. The van der Waals surface area contributed by atoms with E-state index in [9.17, 15) is 14.9 Å². The molecule has 6 nitrogen and oxygen atoms in total. The third-order valence-corrected chi connectivity index (χ3v) is 4.81. The lowest BCUT2D eigenvalue weighted by Crippen LogP contribution is -2.30. The van der Waals surface area contributed by atoms with Crippen molar-refractivity contribution >= 4 is 23.2 Å². The van der Waals surface area contributed by atoms with Crippen molar-refractivity contribution in [1.82, 2.24) is 9.88 Å². The van der Waals surface area contributed by atoms with Gasteiger partial charge in [0, 0.05) is 36.6 Å². The van der Waals surface area contributed by atoms with Gasteiger partial charge in [-0.2, -0.15) is 0 Å². The second kappa shape index (κ2) is 9.30. The van der Waals surface area contributed by atoms with Crippen LogP contribution in [0.15, 0.2) is 67.0 Å². The molecule has 0 bridgehead atoms. The molecule has 0 fully saturated rings. The fourth-order valence-corrected chi connectivity index (χ4v) is 3.19. The van der Waals surface area contributed by atoms with Crippen LogP contribution in [-0.2, 0) is 19.5 Å². The minimum Gasteiger partial charge on any atom is -0.330 e. The first-order chi connectivity index (χ1) is 14.0. The van der Waals surface area contributed by atoms with Crippen LogP contribution >= 0.6 is 11.6 Å². The number of halogens is 1. The number of benzene rings is 2. The highest BCUT2D eigenvalue weighted by atomic mass is 35.5. The van der Waals surface area contributed by atoms with Gasteiger partial charge in [0.05, 0.1) is 4.92 Å². The average molecular weight is 410 g/mol. The number of carbonyl (C=O) groups excluding carboxylic acids is 1. The first-order valence-corrected chi connectivity index (χ1v) is 9.55. The average Bonchev–Trinajstić information content (AvgIpc) is 2.74. The van der Waals surface area contributed by atoms with E-state index in [-0.39, 0.29) is 22.8 Å². The Kier molecular flexibility index (Phi) is 6.57. The summed E-state index contributed by atoms with van der Waals surface area (Å²) in [4.78, 5) is 29.8. The summed E-state index contributed by atoms with van der Waals surface area (Å²) in [6.45, 7) is 2.67. The van der Waals surface area contributed by atoms with Gasteiger partial charge in [-0.15, -0.1) is 0 Å². The van der Waals surface area contributed by atoms with Crippen LogP contribution in [0.5, 0.6) is 0 Å². The van der Waals surface area contributed by atoms with Crippen molar-refractivity contribution in [1.29, 1.82) is 0 Å². The third-order valence-electron chi connectivity index (χ3n) is 4.57. The van der Waals surface area contributed by atoms with Gasteiger partial charge in [-0.1, -0.05) is 48.9 Å². The van der Waals surface area contributed by atoms with E-state index in [2.05, 4.69) is 11.9 Å². The minimum atomic E-state index is -0.586. The predicted octanol–water partition coefficient (Wildman–Crippen LogP) is 5.05. The van der Waals surface area contributed by atoms with Crippen molar-refractivity contribution < 1.29 is 9.72 Å². The van der Waals surface area contributed by atoms with Crippen molar-refractivity contribution in [3.05, 3.63) is 104 Å². The molecule has 1 amide bonds. The first kappa shape index (κ1) is 20.5. The zero-order chi connectivity index (χ0) is 20.8. The van der Waals surface area contributed by atoms with Crippen molar-refractivity contribution in [2.24, 2.45) is 0 Å². The minimum absolute atomic E-state index is 0.00784. The van der Waals surface area contributed by atoms with Crippen LogP contribution in [0.3, 0.4) is 0 Å². The molecule has 7 heteroatoms. The Labute approximate surface area is 173 Å². The van der Waals surface area contributed by atoms with E-state index in [1.807, 2.05) is 30.3 Å². The molecule has 0 radical (unpaired) electrons. The maximum Gasteiger partial charge on any atom is 0.283 e. The molecule has 29 heavy (non-hydrogen) atoms. The van der Waals surface area contributed by atoms with E-state index >= 15 is 0 Å². The smallest absolute Gasteiger partial charge is 0.283 e. The molecule has 0 N–H and O–H groups in total. The summed E-state index contributed by atoms with van der Waals surface area (Å²) in [7, 11) is 0. The first-order valence-electron chi connectivity index (χ1n) is 9.18. The van der Waals surface area contributed by atoms with Gasteiger partial charge in [-0.3, -0.25) is 19.9 Å². The number of amides is 1. The highest BCUT2D eigenvalue weighted by molar-refractivity contribution is 6.31. The number of aryl methyl sites for hydroxylation is 1. The maximum absolute atomic E-state index is 13.3. The molecule has 0 atom stereocenters. The van der Waals surface area contributed by atoms with E-state index in [0.29, 0.717) is 6.54 Å². The zero-order valence-electron chi connectivity index (χ0n) is 15.9. The van der Waals surface area contributed by atoms with Crippen LogP contribution in [0.25, 0.3) is 0 Å². The fraction of sp³-hybridized carbons (Fsp3) is 0.182. The lowest BCUT2D eigenvalue weighted by molar-refractivity contribution is -0.385. The van der Waals surface area contributed by atoms with Gasteiger partial charge in [0.2, 0.25) is 0 Å². The molecule has 3 aromatic rings. The van der Waals surface area contributed by atoms with Crippen LogP contribution in [0, 0.1) is 10.1 Å². The molecule has 0 saturated carbocycles. The standard InChI is InChI=1S/C22H20ClN3O3/c1-2-16-5-7-17(8-6-16)14-25(15-18-4-3-11-24-13-18)22(27)20-10-9-19(23)12-21(20)26(28)29/h3-13H,2,14-15H2,1H3. The van der Waals surface area contributed by atoms with Gasteiger partial charge in [0.1, 0.15) is 5.56 Å². The SMILES string of the molecule is CCc1ccc(CN(Cc2cccnc2)C(=O)c2ccc(Cl)cc2[N+](=O)[O-])cc1. The number of rotatable bonds is 7. The number of nitro benzene ring substituents is 1. The maximum atomic E-state index is 13.3. The fourth-order valence-electron chi connectivity index (χ4n) is 3.02. The molecule has 0 aliphatic rings. The topological polar surface area (TPSA) is 76.3 Å². The van der Waals surface area contributed by atoms with Gasteiger partial charge in [-0.05, 0) is 41.3 Å². The van der Waals surface area contributed by atoms with Crippen molar-refractivity contribution in [2.75, 3.05) is 0 Å². The van der Waals surface area contributed by atoms with Crippen molar-refractivity contribution in [3.63, 3.8) is 0 Å². The van der Waals surface area contributed by atoms with Crippen LogP contribution in [-0.4, -0.2) is 20.7 Å². The molecular formula is C22H20ClN3O3. The Balaban J connectivity index is 1.95. The molecule has 1 heterocycles. The molecule has 3 rings (SSSR count). The highest BCUT2D eigenvalue weighted by Gasteiger charge is 2.25. The number of hydrogen-bond acceptors (Lipinski definition) is 4. The number of aromatic nitrogens is 1. The summed E-state index contributed by atoms with van der Waals surface area (Å²) < 4.78 is 0. The predicted molar refractivity (Wildman–Crippen MR) is 112 cm³/mol. The third kappa shape index (κ3) is 5.18.